The average Bonchev–Trinajstić information content (AvgIpc) is 3.25. The van der Waals surface area contributed by atoms with Crippen LogP contribution in [0, 0.1) is 0 Å². The number of nitrogens with one attached hydrogen (secondary N) is 1. The van der Waals surface area contributed by atoms with Crippen LogP contribution in [0.1, 0.15) is 25.3 Å². The number of likely N-dealkylation sites (N-methyl/N-ethyl adjacent to an activating group) is 1. The number of halogens is 1. The van der Waals surface area contributed by atoms with Gasteiger partial charge < -0.3 is 15.1 Å². The molecular weight excluding hydrogens is 272 g/mol. The minimum atomic E-state index is 0.564. The first kappa shape index (κ1) is 14.1. The Morgan fingerprint density at radius 2 is 2.20 bits per heavy atom. The first-order valence-electron chi connectivity index (χ1n) is 7.46. The van der Waals surface area contributed by atoms with Gasteiger partial charge in [-0.2, -0.15) is 0 Å². The van der Waals surface area contributed by atoms with Crippen molar-refractivity contribution in [2.45, 2.75) is 38.4 Å². The summed E-state index contributed by atoms with van der Waals surface area (Å²) in [4.78, 5) is 9.27. The van der Waals surface area contributed by atoms with E-state index in [2.05, 4.69) is 40.1 Å². The average molecular weight is 295 g/mol. The van der Waals surface area contributed by atoms with Gasteiger partial charge >= 0.3 is 0 Å². The van der Waals surface area contributed by atoms with Crippen LogP contribution in [-0.2, 0) is 6.54 Å². The maximum atomic E-state index is 6.26. The van der Waals surface area contributed by atoms with Gasteiger partial charge in [-0.1, -0.05) is 11.6 Å². The van der Waals surface area contributed by atoms with Gasteiger partial charge in [0.15, 0.2) is 0 Å². The lowest BCUT2D eigenvalue weighted by Gasteiger charge is -2.38. The highest BCUT2D eigenvalue weighted by Gasteiger charge is 2.23. The van der Waals surface area contributed by atoms with Crippen LogP contribution in [-0.4, -0.2) is 48.6 Å². The molecule has 1 aliphatic heterocycles. The number of nitrogens with zero attached hydrogens (tertiary/aromatic N) is 3. The predicted octanol–water partition coefficient (Wildman–Crippen LogP) is 2.13. The summed E-state index contributed by atoms with van der Waals surface area (Å²) in [7, 11) is 2.18. The van der Waals surface area contributed by atoms with Crippen LogP contribution in [0.4, 0.5) is 5.82 Å². The second-order valence-corrected chi connectivity index (χ2v) is 6.47. The maximum absolute atomic E-state index is 6.26. The molecule has 2 heterocycles. The van der Waals surface area contributed by atoms with Crippen molar-refractivity contribution in [1.82, 2.24) is 15.2 Å². The van der Waals surface area contributed by atoms with Gasteiger partial charge in [0.1, 0.15) is 5.82 Å². The first-order valence-corrected chi connectivity index (χ1v) is 7.84. The van der Waals surface area contributed by atoms with E-state index in [1.165, 1.54) is 12.8 Å². The molecule has 0 amide bonds. The molecule has 1 saturated carbocycles. The van der Waals surface area contributed by atoms with Crippen molar-refractivity contribution in [1.29, 1.82) is 0 Å². The summed E-state index contributed by atoms with van der Waals surface area (Å²) in [5, 5.41) is 4.29. The molecule has 1 unspecified atom stereocenters. The van der Waals surface area contributed by atoms with E-state index in [1.807, 2.05) is 0 Å². The Morgan fingerprint density at radius 1 is 1.40 bits per heavy atom. The zero-order chi connectivity index (χ0) is 14.1. The van der Waals surface area contributed by atoms with Gasteiger partial charge in [-0.05, 0) is 38.4 Å². The molecule has 0 bridgehead atoms. The van der Waals surface area contributed by atoms with Crippen LogP contribution < -0.4 is 10.2 Å². The van der Waals surface area contributed by atoms with Gasteiger partial charge in [-0.3, -0.25) is 0 Å². The topological polar surface area (TPSA) is 31.4 Å². The van der Waals surface area contributed by atoms with Crippen LogP contribution in [0.3, 0.4) is 0 Å². The van der Waals surface area contributed by atoms with Crippen molar-refractivity contribution in [3.05, 3.63) is 22.8 Å². The number of hydrogen-bond donors (Lipinski definition) is 1. The summed E-state index contributed by atoms with van der Waals surface area (Å²) in [6, 6.07) is 3.41. The van der Waals surface area contributed by atoms with Gasteiger partial charge in [-0.25, -0.2) is 4.98 Å². The molecule has 0 radical (unpaired) electrons. The lowest BCUT2D eigenvalue weighted by molar-refractivity contribution is 0.233. The molecule has 1 saturated heterocycles. The molecule has 20 heavy (non-hydrogen) atoms. The second kappa shape index (κ2) is 5.88. The Hall–Kier alpha value is -0.840. The van der Waals surface area contributed by atoms with E-state index in [4.69, 9.17) is 11.6 Å². The van der Waals surface area contributed by atoms with Crippen LogP contribution in [0.2, 0.25) is 5.02 Å². The zero-order valence-electron chi connectivity index (χ0n) is 12.3. The number of rotatable bonds is 4. The summed E-state index contributed by atoms with van der Waals surface area (Å²) >= 11 is 6.26. The highest BCUT2D eigenvalue weighted by atomic mass is 35.5. The van der Waals surface area contributed by atoms with E-state index in [1.54, 1.807) is 6.20 Å². The van der Waals surface area contributed by atoms with Crippen molar-refractivity contribution in [3.63, 3.8) is 0 Å². The van der Waals surface area contributed by atoms with Gasteiger partial charge in [0, 0.05) is 44.5 Å². The quantitative estimate of drug-likeness (QED) is 0.922. The summed E-state index contributed by atoms with van der Waals surface area (Å²) in [5.41, 5.74) is 1.16. The molecule has 1 aliphatic carbocycles. The van der Waals surface area contributed by atoms with E-state index in [9.17, 15) is 0 Å². The second-order valence-electron chi connectivity index (χ2n) is 6.06. The van der Waals surface area contributed by atoms with Gasteiger partial charge in [0.25, 0.3) is 0 Å². The molecule has 2 aliphatic rings. The summed E-state index contributed by atoms with van der Waals surface area (Å²) in [6.45, 7) is 6.26. The lowest BCUT2D eigenvalue weighted by Crippen LogP contribution is -2.50. The van der Waals surface area contributed by atoms with Gasteiger partial charge in [-0.15, -0.1) is 0 Å². The lowest BCUT2D eigenvalue weighted by atomic mass is 10.2. The van der Waals surface area contributed by atoms with Crippen molar-refractivity contribution in [2.75, 3.05) is 31.6 Å². The van der Waals surface area contributed by atoms with Crippen LogP contribution >= 0.6 is 11.6 Å². The van der Waals surface area contributed by atoms with Crippen molar-refractivity contribution in [3.8, 4) is 0 Å². The third-order valence-electron chi connectivity index (χ3n) is 4.36. The highest BCUT2D eigenvalue weighted by Crippen LogP contribution is 2.24. The monoisotopic (exact) mass is 294 g/mol. The molecule has 110 valence electrons. The molecule has 1 aromatic heterocycles. The standard InChI is InChI=1S/C15H23ClN4/c1-11-10-20(6-5-19(11)2)15-7-12(14(16)9-18-15)8-17-13-3-4-13/h7,9,11,13,17H,3-6,8,10H2,1-2H3. The largest absolute Gasteiger partial charge is 0.354 e. The number of aromatic nitrogens is 1. The first-order chi connectivity index (χ1) is 9.63. The Morgan fingerprint density at radius 3 is 2.90 bits per heavy atom. The minimum Gasteiger partial charge on any atom is -0.354 e. The van der Waals surface area contributed by atoms with E-state index in [0.717, 1.165) is 42.6 Å². The number of hydrogen-bond acceptors (Lipinski definition) is 4. The molecule has 1 atom stereocenters. The summed E-state index contributed by atoms with van der Waals surface area (Å²) in [5.74, 6) is 1.06. The van der Waals surface area contributed by atoms with E-state index in [0.29, 0.717) is 12.1 Å². The van der Waals surface area contributed by atoms with E-state index in [-0.39, 0.29) is 0 Å². The molecule has 0 spiro atoms. The highest BCUT2D eigenvalue weighted by molar-refractivity contribution is 6.31. The van der Waals surface area contributed by atoms with Crippen LogP contribution in [0.15, 0.2) is 12.3 Å². The van der Waals surface area contributed by atoms with Crippen molar-refractivity contribution in [2.24, 2.45) is 0 Å². The Kier molecular flexibility index (Phi) is 4.15. The van der Waals surface area contributed by atoms with Crippen LogP contribution in [0.25, 0.3) is 0 Å². The van der Waals surface area contributed by atoms with Crippen molar-refractivity contribution < 1.29 is 0 Å². The molecule has 4 nitrogen and oxygen atoms in total. The predicted molar refractivity (Wildman–Crippen MR) is 83.4 cm³/mol. The zero-order valence-corrected chi connectivity index (χ0v) is 13.0. The summed E-state index contributed by atoms with van der Waals surface area (Å²) in [6.07, 6.45) is 4.39. The Balaban J connectivity index is 1.70. The summed E-state index contributed by atoms with van der Waals surface area (Å²) < 4.78 is 0. The molecule has 5 heteroatoms. The third-order valence-corrected chi connectivity index (χ3v) is 4.70. The SMILES string of the molecule is CC1CN(c2cc(CNC3CC3)c(Cl)cn2)CCN1C. The molecule has 2 fully saturated rings. The number of piperazine rings is 1. The van der Waals surface area contributed by atoms with Gasteiger partial charge in [0.05, 0.1) is 5.02 Å². The van der Waals surface area contributed by atoms with Gasteiger partial charge in [0.2, 0.25) is 0 Å². The number of anilines is 1. The molecule has 1 N–H and O–H groups in total. The molecule has 0 aromatic carbocycles. The number of pyridine rings is 1. The molecule has 1 aromatic rings. The van der Waals surface area contributed by atoms with E-state index >= 15 is 0 Å². The third kappa shape index (κ3) is 3.25. The van der Waals surface area contributed by atoms with Crippen LogP contribution in [0.5, 0.6) is 0 Å². The minimum absolute atomic E-state index is 0.564. The Labute approximate surface area is 126 Å². The fourth-order valence-electron chi connectivity index (χ4n) is 2.57. The maximum Gasteiger partial charge on any atom is 0.129 e. The fourth-order valence-corrected chi connectivity index (χ4v) is 2.74. The van der Waals surface area contributed by atoms with Crippen molar-refractivity contribution >= 4 is 17.4 Å². The van der Waals surface area contributed by atoms with E-state index < -0.39 is 0 Å². The molecule has 3 rings (SSSR count). The molecular formula is C15H23ClN4. The smallest absolute Gasteiger partial charge is 0.129 e. The Bertz CT molecular complexity index is 475. The fraction of sp³-hybridized carbons (Fsp3) is 0.667. The normalized spacial score (nSPS) is 24.1.